The molecule has 0 bridgehead atoms. The minimum absolute atomic E-state index is 0.293. The SMILES string of the molecule is CCCNC(c1csc(C)c1)C1(N(C)C)CCCCC1. The van der Waals surface area contributed by atoms with E-state index in [1.165, 1.54) is 49.0 Å². The largest absolute Gasteiger partial charge is 0.308 e. The average Bonchev–Trinajstić information content (AvgIpc) is 2.86. The van der Waals surface area contributed by atoms with Crippen LogP contribution in [0.1, 0.15) is 61.9 Å². The lowest BCUT2D eigenvalue weighted by molar-refractivity contribution is 0.0566. The van der Waals surface area contributed by atoms with Crippen LogP contribution in [-0.2, 0) is 0 Å². The van der Waals surface area contributed by atoms with Crippen molar-refractivity contribution in [1.82, 2.24) is 10.2 Å². The van der Waals surface area contributed by atoms with E-state index in [0.717, 1.165) is 6.54 Å². The highest BCUT2D eigenvalue weighted by Crippen LogP contribution is 2.42. The minimum Gasteiger partial charge on any atom is -0.308 e. The Hall–Kier alpha value is -0.380. The molecule has 2 nitrogen and oxygen atoms in total. The Balaban J connectivity index is 2.31. The van der Waals surface area contributed by atoms with Crippen molar-refractivity contribution in [3.63, 3.8) is 0 Å². The first-order valence-electron chi connectivity index (χ1n) is 8.06. The first-order valence-corrected chi connectivity index (χ1v) is 8.94. The van der Waals surface area contributed by atoms with E-state index in [2.05, 4.69) is 49.6 Å². The molecule has 1 unspecified atom stereocenters. The molecule has 1 fully saturated rings. The lowest BCUT2D eigenvalue weighted by Gasteiger charge is -2.49. The fourth-order valence-corrected chi connectivity index (χ4v) is 4.41. The highest BCUT2D eigenvalue weighted by atomic mass is 32.1. The number of likely N-dealkylation sites (N-methyl/N-ethyl adjacent to an activating group) is 1. The van der Waals surface area contributed by atoms with Gasteiger partial charge in [-0.3, -0.25) is 0 Å². The van der Waals surface area contributed by atoms with Gasteiger partial charge in [-0.25, -0.2) is 0 Å². The van der Waals surface area contributed by atoms with Crippen molar-refractivity contribution in [2.45, 2.75) is 64.0 Å². The molecule has 1 aromatic rings. The highest BCUT2D eigenvalue weighted by Gasteiger charge is 2.42. The van der Waals surface area contributed by atoms with Gasteiger partial charge in [0.15, 0.2) is 0 Å². The summed E-state index contributed by atoms with van der Waals surface area (Å²) in [5, 5.41) is 6.22. The second-order valence-corrected chi connectivity index (χ2v) is 7.55. The third-order valence-corrected chi connectivity index (χ3v) is 5.71. The van der Waals surface area contributed by atoms with Gasteiger partial charge in [-0.2, -0.15) is 0 Å². The molecule has 1 aliphatic carbocycles. The number of rotatable bonds is 6. The summed E-state index contributed by atoms with van der Waals surface area (Å²) in [4.78, 5) is 3.92. The Morgan fingerprint density at radius 1 is 1.30 bits per heavy atom. The van der Waals surface area contributed by atoms with E-state index in [4.69, 9.17) is 0 Å². The van der Waals surface area contributed by atoms with Crippen LogP contribution >= 0.6 is 11.3 Å². The topological polar surface area (TPSA) is 15.3 Å². The number of hydrogen-bond donors (Lipinski definition) is 1. The van der Waals surface area contributed by atoms with E-state index in [0.29, 0.717) is 11.6 Å². The van der Waals surface area contributed by atoms with Crippen molar-refractivity contribution in [3.05, 3.63) is 21.9 Å². The van der Waals surface area contributed by atoms with Crippen molar-refractivity contribution in [3.8, 4) is 0 Å². The van der Waals surface area contributed by atoms with E-state index in [1.54, 1.807) is 0 Å². The molecule has 2 rings (SSSR count). The van der Waals surface area contributed by atoms with Crippen molar-refractivity contribution in [1.29, 1.82) is 0 Å². The normalized spacial score (nSPS) is 20.2. The summed E-state index contributed by atoms with van der Waals surface area (Å²) >= 11 is 1.88. The Morgan fingerprint density at radius 2 is 2.00 bits per heavy atom. The van der Waals surface area contributed by atoms with Crippen LogP contribution in [0.15, 0.2) is 11.4 Å². The Kier molecular flexibility index (Phi) is 5.65. The van der Waals surface area contributed by atoms with E-state index < -0.39 is 0 Å². The van der Waals surface area contributed by atoms with Crippen LogP contribution < -0.4 is 5.32 Å². The number of nitrogens with one attached hydrogen (secondary N) is 1. The van der Waals surface area contributed by atoms with Crippen LogP contribution in [0.3, 0.4) is 0 Å². The second kappa shape index (κ2) is 7.06. The molecule has 3 heteroatoms. The molecule has 0 radical (unpaired) electrons. The zero-order valence-corrected chi connectivity index (χ0v) is 14.4. The molecule has 1 aliphatic rings. The molecule has 20 heavy (non-hydrogen) atoms. The van der Waals surface area contributed by atoms with Crippen LogP contribution in [0.25, 0.3) is 0 Å². The van der Waals surface area contributed by atoms with Gasteiger partial charge in [0.2, 0.25) is 0 Å². The van der Waals surface area contributed by atoms with Gasteiger partial charge in [0.1, 0.15) is 0 Å². The molecule has 0 spiro atoms. The lowest BCUT2D eigenvalue weighted by Crippen LogP contribution is -2.54. The third-order valence-electron chi connectivity index (χ3n) is 4.83. The van der Waals surface area contributed by atoms with Gasteiger partial charge in [0.25, 0.3) is 0 Å². The smallest absolute Gasteiger partial charge is 0.0515 e. The van der Waals surface area contributed by atoms with Crippen LogP contribution in [0.4, 0.5) is 0 Å². The molecular formula is C17H30N2S. The number of thiophene rings is 1. The fraction of sp³-hybridized carbons (Fsp3) is 0.765. The molecule has 1 saturated carbocycles. The molecule has 114 valence electrons. The monoisotopic (exact) mass is 294 g/mol. The van der Waals surface area contributed by atoms with Gasteiger partial charge < -0.3 is 10.2 Å². The average molecular weight is 295 g/mol. The number of nitrogens with zero attached hydrogens (tertiary/aromatic N) is 1. The van der Waals surface area contributed by atoms with Crippen LogP contribution in [0, 0.1) is 6.92 Å². The minimum atomic E-state index is 0.293. The van der Waals surface area contributed by atoms with Crippen molar-refractivity contribution >= 4 is 11.3 Å². The molecule has 1 aromatic heterocycles. The molecule has 1 atom stereocenters. The van der Waals surface area contributed by atoms with E-state index >= 15 is 0 Å². The summed E-state index contributed by atoms with van der Waals surface area (Å²) in [6.07, 6.45) is 7.96. The Morgan fingerprint density at radius 3 is 2.50 bits per heavy atom. The first kappa shape index (κ1) is 16.0. The maximum absolute atomic E-state index is 3.86. The van der Waals surface area contributed by atoms with Gasteiger partial charge in [0.05, 0.1) is 6.04 Å². The molecule has 0 aliphatic heterocycles. The fourth-order valence-electron chi connectivity index (χ4n) is 3.68. The van der Waals surface area contributed by atoms with Crippen molar-refractivity contribution in [2.75, 3.05) is 20.6 Å². The van der Waals surface area contributed by atoms with Gasteiger partial charge in [-0.1, -0.05) is 26.2 Å². The van der Waals surface area contributed by atoms with Crippen molar-refractivity contribution < 1.29 is 0 Å². The Labute approximate surface area is 128 Å². The standard InChI is InChI=1S/C17H30N2S/c1-5-11-18-16(15-12-14(2)20-13-15)17(19(3)4)9-7-6-8-10-17/h12-13,16,18H,5-11H2,1-4H3. The quantitative estimate of drug-likeness (QED) is 0.838. The summed E-state index contributed by atoms with van der Waals surface area (Å²) < 4.78 is 0. The van der Waals surface area contributed by atoms with Crippen LogP contribution in [0.2, 0.25) is 0 Å². The van der Waals surface area contributed by atoms with Crippen molar-refractivity contribution in [2.24, 2.45) is 0 Å². The summed E-state index contributed by atoms with van der Waals surface area (Å²) in [7, 11) is 4.54. The molecule has 1 heterocycles. The summed E-state index contributed by atoms with van der Waals surface area (Å²) in [5.74, 6) is 0. The van der Waals surface area contributed by atoms with Crippen LogP contribution in [-0.4, -0.2) is 31.1 Å². The number of aryl methyl sites for hydroxylation is 1. The number of hydrogen-bond acceptors (Lipinski definition) is 3. The zero-order valence-electron chi connectivity index (χ0n) is 13.5. The van der Waals surface area contributed by atoms with Gasteiger partial charge >= 0.3 is 0 Å². The summed E-state index contributed by atoms with van der Waals surface area (Å²) in [6.45, 7) is 5.58. The molecule has 0 saturated heterocycles. The summed E-state index contributed by atoms with van der Waals surface area (Å²) in [6, 6.07) is 2.86. The zero-order chi connectivity index (χ0) is 14.6. The van der Waals surface area contributed by atoms with E-state index in [9.17, 15) is 0 Å². The van der Waals surface area contributed by atoms with Gasteiger partial charge in [0, 0.05) is 10.4 Å². The van der Waals surface area contributed by atoms with E-state index in [-0.39, 0.29) is 0 Å². The maximum atomic E-state index is 3.86. The third kappa shape index (κ3) is 3.26. The molecule has 0 amide bonds. The van der Waals surface area contributed by atoms with Gasteiger partial charge in [-0.05, 0) is 63.8 Å². The maximum Gasteiger partial charge on any atom is 0.0515 e. The highest BCUT2D eigenvalue weighted by molar-refractivity contribution is 7.10. The predicted octanol–water partition coefficient (Wildman–Crippen LogP) is 4.36. The first-order chi connectivity index (χ1) is 9.60. The molecule has 0 aromatic carbocycles. The predicted molar refractivity (Wildman–Crippen MR) is 89.6 cm³/mol. The lowest BCUT2D eigenvalue weighted by atomic mass is 9.73. The van der Waals surface area contributed by atoms with E-state index in [1.807, 2.05) is 11.3 Å². The van der Waals surface area contributed by atoms with Gasteiger partial charge in [-0.15, -0.1) is 11.3 Å². The second-order valence-electron chi connectivity index (χ2n) is 6.44. The Bertz CT molecular complexity index is 405. The molecule has 1 N–H and O–H groups in total. The summed E-state index contributed by atoms with van der Waals surface area (Å²) in [5.41, 5.74) is 1.79. The van der Waals surface area contributed by atoms with Crippen LogP contribution in [0.5, 0.6) is 0 Å². The molecular weight excluding hydrogens is 264 g/mol.